The highest BCUT2D eigenvalue weighted by molar-refractivity contribution is 7.17. The third kappa shape index (κ3) is 5.91. The number of thiophene rings is 1. The van der Waals surface area contributed by atoms with Crippen molar-refractivity contribution in [2.45, 2.75) is 72.6 Å². The molecule has 1 aromatic heterocycles. The van der Waals surface area contributed by atoms with Gasteiger partial charge in [-0.25, -0.2) is 4.79 Å². The zero-order valence-electron chi connectivity index (χ0n) is 20.1. The number of esters is 1. The zero-order valence-corrected chi connectivity index (χ0v) is 20.9. The minimum Gasteiger partial charge on any atom is -0.484 e. The van der Waals surface area contributed by atoms with Crippen LogP contribution in [0.5, 0.6) is 5.75 Å². The van der Waals surface area contributed by atoms with E-state index >= 15 is 0 Å². The van der Waals surface area contributed by atoms with Gasteiger partial charge in [0, 0.05) is 4.88 Å². The maximum Gasteiger partial charge on any atom is 0.341 e. The predicted octanol–water partition coefficient (Wildman–Crippen LogP) is 6.14. The molecule has 2 aromatic rings. The van der Waals surface area contributed by atoms with Crippen LogP contribution in [0.3, 0.4) is 0 Å². The van der Waals surface area contributed by atoms with Gasteiger partial charge < -0.3 is 14.8 Å². The van der Waals surface area contributed by atoms with Gasteiger partial charge in [0.05, 0.1) is 12.2 Å². The number of carbonyl (C=O) groups excluding carboxylic acids is 2. The van der Waals surface area contributed by atoms with Crippen molar-refractivity contribution in [2.24, 2.45) is 5.41 Å². The van der Waals surface area contributed by atoms with E-state index in [4.69, 9.17) is 9.47 Å². The lowest BCUT2D eigenvalue weighted by Gasteiger charge is -2.33. The maximum absolute atomic E-state index is 12.5. The van der Waals surface area contributed by atoms with Crippen LogP contribution in [0.4, 0.5) is 5.00 Å². The first-order valence-corrected chi connectivity index (χ1v) is 12.2. The molecule has 5 nitrogen and oxygen atoms in total. The van der Waals surface area contributed by atoms with Gasteiger partial charge in [-0.15, -0.1) is 11.3 Å². The molecule has 0 unspecified atom stereocenters. The van der Waals surface area contributed by atoms with Gasteiger partial charge in [0.2, 0.25) is 0 Å². The number of ether oxygens (including phenoxy) is 2. The Morgan fingerprint density at radius 3 is 2.38 bits per heavy atom. The molecule has 1 aliphatic rings. The summed E-state index contributed by atoms with van der Waals surface area (Å²) in [5.41, 5.74) is 3.08. The Morgan fingerprint density at radius 1 is 1.06 bits per heavy atom. The predicted molar refractivity (Wildman–Crippen MR) is 130 cm³/mol. The van der Waals surface area contributed by atoms with E-state index in [2.05, 4.69) is 52.1 Å². The molecule has 1 heterocycles. The quantitative estimate of drug-likeness (QED) is 0.483. The highest BCUT2D eigenvalue weighted by Crippen LogP contribution is 2.40. The van der Waals surface area contributed by atoms with E-state index in [9.17, 15) is 9.59 Å². The SMILES string of the molecule is CCOC(=O)c1c(NC(=O)COc2ccc(C(C)(C)CC(C)(C)C)cc2)sc2c1CCC2. The number of amides is 1. The first-order valence-electron chi connectivity index (χ1n) is 11.3. The Kier molecular flexibility index (Phi) is 7.33. The maximum atomic E-state index is 12.5. The van der Waals surface area contributed by atoms with Crippen molar-refractivity contribution < 1.29 is 19.1 Å². The lowest BCUT2D eigenvalue weighted by Crippen LogP contribution is -2.24. The van der Waals surface area contributed by atoms with Gasteiger partial charge in [-0.3, -0.25) is 4.79 Å². The number of carbonyl (C=O) groups is 2. The van der Waals surface area contributed by atoms with Gasteiger partial charge in [-0.05, 0) is 66.7 Å². The highest BCUT2D eigenvalue weighted by Gasteiger charge is 2.29. The highest BCUT2D eigenvalue weighted by atomic mass is 32.1. The van der Waals surface area contributed by atoms with Crippen molar-refractivity contribution in [1.29, 1.82) is 0 Å². The average Bonchev–Trinajstić information content (AvgIpc) is 3.25. The number of fused-ring (bicyclic) bond motifs is 1. The van der Waals surface area contributed by atoms with Crippen LogP contribution in [0.25, 0.3) is 0 Å². The fourth-order valence-corrected chi connectivity index (χ4v) is 5.95. The number of aryl methyl sites for hydroxylation is 1. The van der Waals surface area contributed by atoms with Gasteiger partial charge in [-0.2, -0.15) is 0 Å². The minimum absolute atomic E-state index is 0.0528. The second-order valence-electron chi connectivity index (χ2n) is 10.3. The molecule has 0 fully saturated rings. The largest absolute Gasteiger partial charge is 0.484 e. The molecule has 32 heavy (non-hydrogen) atoms. The standard InChI is InChI=1S/C26H35NO4S/c1-7-30-24(29)22-19-9-8-10-20(19)32-23(22)27-21(28)15-31-18-13-11-17(12-14-18)26(5,6)16-25(2,3)4/h11-14H,7-10,15-16H2,1-6H3,(H,27,28). The van der Waals surface area contributed by atoms with Crippen LogP contribution in [0.2, 0.25) is 0 Å². The number of anilines is 1. The second-order valence-corrected chi connectivity index (χ2v) is 11.4. The molecule has 0 atom stereocenters. The van der Waals surface area contributed by atoms with Crippen molar-refractivity contribution in [3.8, 4) is 5.75 Å². The first-order chi connectivity index (χ1) is 15.0. The Hall–Kier alpha value is -2.34. The summed E-state index contributed by atoms with van der Waals surface area (Å²) in [4.78, 5) is 26.2. The Balaban J connectivity index is 1.62. The molecule has 0 saturated carbocycles. The zero-order chi connectivity index (χ0) is 23.5. The fourth-order valence-electron chi connectivity index (χ4n) is 4.65. The number of nitrogens with one attached hydrogen (secondary N) is 1. The number of rotatable bonds is 8. The van der Waals surface area contributed by atoms with E-state index in [1.807, 2.05) is 12.1 Å². The summed E-state index contributed by atoms with van der Waals surface area (Å²) < 4.78 is 10.9. The van der Waals surface area contributed by atoms with E-state index in [-0.39, 0.29) is 29.3 Å². The summed E-state index contributed by atoms with van der Waals surface area (Å²) >= 11 is 1.47. The van der Waals surface area contributed by atoms with Crippen molar-refractivity contribution in [3.63, 3.8) is 0 Å². The van der Waals surface area contributed by atoms with Crippen molar-refractivity contribution in [2.75, 3.05) is 18.5 Å². The third-order valence-electron chi connectivity index (χ3n) is 5.63. The van der Waals surface area contributed by atoms with Crippen molar-refractivity contribution >= 4 is 28.2 Å². The Morgan fingerprint density at radius 2 is 1.75 bits per heavy atom. The van der Waals surface area contributed by atoms with E-state index in [0.717, 1.165) is 36.1 Å². The van der Waals surface area contributed by atoms with E-state index in [1.54, 1.807) is 6.92 Å². The summed E-state index contributed by atoms with van der Waals surface area (Å²) in [6.07, 6.45) is 3.89. The minimum atomic E-state index is -0.364. The van der Waals surface area contributed by atoms with Crippen LogP contribution < -0.4 is 10.1 Å². The summed E-state index contributed by atoms with van der Waals surface area (Å²) in [5, 5.41) is 3.44. The van der Waals surface area contributed by atoms with Gasteiger partial charge >= 0.3 is 5.97 Å². The average molecular weight is 458 g/mol. The van der Waals surface area contributed by atoms with Crippen LogP contribution in [-0.2, 0) is 27.8 Å². The van der Waals surface area contributed by atoms with Crippen molar-refractivity contribution in [1.82, 2.24) is 0 Å². The normalized spacial score (nSPS) is 13.6. The molecule has 1 aliphatic carbocycles. The molecule has 174 valence electrons. The number of hydrogen-bond donors (Lipinski definition) is 1. The Bertz CT molecular complexity index is 967. The molecule has 1 amide bonds. The summed E-state index contributed by atoms with van der Waals surface area (Å²) in [7, 11) is 0. The fraction of sp³-hybridized carbons (Fsp3) is 0.538. The lowest BCUT2D eigenvalue weighted by molar-refractivity contribution is -0.118. The lowest BCUT2D eigenvalue weighted by atomic mass is 9.72. The smallest absolute Gasteiger partial charge is 0.341 e. The molecule has 0 bridgehead atoms. The van der Waals surface area contributed by atoms with Gasteiger partial charge in [-0.1, -0.05) is 46.8 Å². The molecular weight excluding hydrogens is 422 g/mol. The summed E-state index contributed by atoms with van der Waals surface area (Å²) in [5.74, 6) is -0.000983. The molecule has 0 aliphatic heterocycles. The summed E-state index contributed by atoms with van der Waals surface area (Å²) in [6.45, 7) is 13.2. The van der Waals surface area contributed by atoms with E-state index < -0.39 is 0 Å². The molecule has 1 N–H and O–H groups in total. The molecule has 0 radical (unpaired) electrons. The molecule has 1 aromatic carbocycles. The van der Waals surface area contributed by atoms with Gasteiger partial charge in [0.1, 0.15) is 10.8 Å². The first kappa shape index (κ1) is 24.3. The molecule has 0 spiro atoms. The third-order valence-corrected chi connectivity index (χ3v) is 6.84. The summed E-state index contributed by atoms with van der Waals surface area (Å²) in [6, 6.07) is 7.97. The monoisotopic (exact) mass is 457 g/mol. The van der Waals surface area contributed by atoms with E-state index in [1.165, 1.54) is 16.9 Å². The van der Waals surface area contributed by atoms with Crippen LogP contribution in [0.15, 0.2) is 24.3 Å². The van der Waals surface area contributed by atoms with E-state index in [0.29, 0.717) is 22.9 Å². The van der Waals surface area contributed by atoms with Crippen LogP contribution in [-0.4, -0.2) is 25.1 Å². The van der Waals surface area contributed by atoms with Crippen molar-refractivity contribution in [3.05, 3.63) is 45.8 Å². The van der Waals surface area contributed by atoms with Crippen LogP contribution >= 0.6 is 11.3 Å². The second kappa shape index (κ2) is 9.65. The Labute approximate surface area is 195 Å². The molecule has 6 heteroatoms. The molecular formula is C26H35NO4S. The number of hydrogen-bond acceptors (Lipinski definition) is 5. The van der Waals surface area contributed by atoms with Gasteiger partial charge in [0.25, 0.3) is 5.91 Å². The molecule has 0 saturated heterocycles. The number of benzene rings is 1. The van der Waals surface area contributed by atoms with Crippen LogP contribution in [0.1, 0.15) is 80.7 Å². The molecule has 3 rings (SSSR count). The van der Waals surface area contributed by atoms with Gasteiger partial charge in [0.15, 0.2) is 6.61 Å². The van der Waals surface area contributed by atoms with Crippen LogP contribution in [0, 0.1) is 5.41 Å². The topological polar surface area (TPSA) is 64.6 Å².